The average molecular weight is 477 g/mol. The summed E-state index contributed by atoms with van der Waals surface area (Å²) >= 11 is 5.74. The number of piperazine rings is 1. The zero-order chi connectivity index (χ0) is 23.0. The number of hydrogen-bond donors (Lipinski definition) is 0. The average Bonchev–Trinajstić information content (AvgIpc) is 3.16. The Labute approximate surface area is 191 Å². The molecule has 0 bridgehead atoms. The van der Waals surface area contributed by atoms with Crippen LogP contribution in [0.5, 0.6) is 0 Å². The molecule has 3 aromatic rings. The third kappa shape index (κ3) is 4.03. The van der Waals surface area contributed by atoms with Crippen LogP contribution in [0.3, 0.4) is 0 Å². The van der Waals surface area contributed by atoms with E-state index < -0.39 is 15.8 Å². The Hall–Kier alpha value is -2.75. The minimum absolute atomic E-state index is 0.0703. The van der Waals surface area contributed by atoms with Gasteiger partial charge in [0.25, 0.3) is 5.91 Å². The smallest absolute Gasteiger partial charge is 0.257 e. The fourth-order valence-electron chi connectivity index (χ4n) is 3.75. The predicted octanol–water partition coefficient (Wildman–Crippen LogP) is 3.43. The number of carbonyl (C=O) groups excluding carboxylic acids is 1. The molecule has 0 spiro atoms. The molecule has 0 aliphatic carbocycles. The molecule has 7 nitrogen and oxygen atoms in total. The van der Waals surface area contributed by atoms with Crippen molar-refractivity contribution in [2.24, 2.45) is 0 Å². The lowest BCUT2D eigenvalue weighted by Gasteiger charge is -2.34. The first-order valence-corrected chi connectivity index (χ1v) is 11.9. The standard InChI is InChI=1S/C22H22ClFN4O3S/c1-15-5-3-4-6-21(15)28-16(2)18(14-25-28)22(29)26-9-11-27(12-10-26)32(30,31)17-7-8-20(24)19(23)13-17/h3-8,13-14H,9-12H2,1-2H3. The zero-order valence-corrected chi connectivity index (χ0v) is 19.2. The molecule has 1 aromatic heterocycles. The minimum atomic E-state index is -3.83. The summed E-state index contributed by atoms with van der Waals surface area (Å²) in [4.78, 5) is 14.7. The van der Waals surface area contributed by atoms with E-state index in [1.54, 1.807) is 15.8 Å². The van der Waals surface area contributed by atoms with Crippen molar-refractivity contribution in [3.05, 3.63) is 76.3 Å². The maximum atomic E-state index is 13.4. The number of hydrogen-bond acceptors (Lipinski definition) is 4. The number of halogens is 2. The Kier molecular flexibility index (Phi) is 6.07. The maximum Gasteiger partial charge on any atom is 0.257 e. The van der Waals surface area contributed by atoms with Crippen LogP contribution in [0.15, 0.2) is 53.6 Å². The topological polar surface area (TPSA) is 75.5 Å². The first-order chi connectivity index (χ1) is 15.2. The van der Waals surface area contributed by atoms with Gasteiger partial charge in [0.05, 0.1) is 33.1 Å². The van der Waals surface area contributed by atoms with E-state index in [2.05, 4.69) is 5.10 Å². The fourth-order valence-corrected chi connectivity index (χ4v) is 5.45. The first kappa shape index (κ1) is 22.4. The second-order valence-corrected chi connectivity index (χ2v) is 9.96. The molecule has 0 unspecified atom stereocenters. The van der Waals surface area contributed by atoms with Crippen LogP contribution in [0.25, 0.3) is 5.69 Å². The summed E-state index contributed by atoms with van der Waals surface area (Å²) in [5.74, 6) is -0.869. The van der Waals surface area contributed by atoms with E-state index in [0.717, 1.165) is 29.1 Å². The molecule has 1 aliphatic rings. The molecule has 32 heavy (non-hydrogen) atoms. The van der Waals surface area contributed by atoms with Gasteiger partial charge >= 0.3 is 0 Å². The summed E-state index contributed by atoms with van der Waals surface area (Å²) in [5.41, 5.74) is 3.14. The molecule has 168 valence electrons. The number of sulfonamides is 1. The SMILES string of the molecule is Cc1ccccc1-n1ncc(C(=O)N2CCN(S(=O)(=O)c3ccc(F)c(Cl)c3)CC2)c1C. The molecular formula is C22H22ClFN4O3S. The van der Waals surface area contributed by atoms with Crippen LogP contribution in [-0.2, 0) is 10.0 Å². The Bertz CT molecular complexity index is 1280. The fraction of sp³-hybridized carbons (Fsp3) is 0.273. The first-order valence-electron chi connectivity index (χ1n) is 10.1. The number of rotatable bonds is 4. The van der Waals surface area contributed by atoms with E-state index in [9.17, 15) is 17.6 Å². The number of para-hydroxylation sites is 1. The van der Waals surface area contributed by atoms with Crippen LogP contribution in [0.4, 0.5) is 4.39 Å². The molecule has 0 saturated carbocycles. The number of carbonyl (C=O) groups is 1. The van der Waals surface area contributed by atoms with Crippen LogP contribution < -0.4 is 0 Å². The highest BCUT2D eigenvalue weighted by atomic mass is 35.5. The highest BCUT2D eigenvalue weighted by Gasteiger charge is 2.32. The quantitative estimate of drug-likeness (QED) is 0.578. The van der Waals surface area contributed by atoms with Crippen molar-refractivity contribution in [1.29, 1.82) is 0 Å². The molecule has 1 saturated heterocycles. The maximum absolute atomic E-state index is 13.4. The summed E-state index contributed by atoms with van der Waals surface area (Å²) in [6.45, 7) is 4.56. The molecule has 1 aliphatic heterocycles. The van der Waals surface area contributed by atoms with Gasteiger partial charge in [0.15, 0.2) is 0 Å². The van der Waals surface area contributed by atoms with Crippen LogP contribution in [0.2, 0.25) is 5.02 Å². The number of benzene rings is 2. The molecule has 0 N–H and O–H groups in total. The molecule has 2 aromatic carbocycles. The Morgan fingerprint density at radius 3 is 2.41 bits per heavy atom. The van der Waals surface area contributed by atoms with Gasteiger partial charge in [0.2, 0.25) is 10.0 Å². The monoisotopic (exact) mass is 476 g/mol. The van der Waals surface area contributed by atoms with Gasteiger partial charge in [0, 0.05) is 26.2 Å². The predicted molar refractivity (Wildman–Crippen MR) is 119 cm³/mol. The van der Waals surface area contributed by atoms with Crippen molar-refractivity contribution >= 4 is 27.5 Å². The van der Waals surface area contributed by atoms with E-state index in [0.29, 0.717) is 5.56 Å². The Balaban J connectivity index is 1.49. The van der Waals surface area contributed by atoms with Crippen LogP contribution in [-0.4, -0.2) is 59.5 Å². The van der Waals surface area contributed by atoms with Gasteiger partial charge in [-0.3, -0.25) is 4.79 Å². The normalized spacial score (nSPS) is 15.2. The molecule has 1 amide bonds. The highest BCUT2D eigenvalue weighted by Crippen LogP contribution is 2.24. The second-order valence-electron chi connectivity index (χ2n) is 7.61. The third-order valence-corrected chi connectivity index (χ3v) is 7.82. The van der Waals surface area contributed by atoms with Crippen molar-refractivity contribution in [3.8, 4) is 5.69 Å². The number of amides is 1. The molecular weight excluding hydrogens is 455 g/mol. The Morgan fingerprint density at radius 2 is 1.75 bits per heavy atom. The largest absolute Gasteiger partial charge is 0.336 e. The molecule has 2 heterocycles. The van der Waals surface area contributed by atoms with E-state index in [-0.39, 0.29) is 42.0 Å². The highest BCUT2D eigenvalue weighted by molar-refractivity contribution is 7.89. The lowest BCUT2D eigenvalue weighted by molar-refractivity contribution is 0.0697. The van der Waals surface area contributed by atoms with E-state index in [1.165, 1.54) is 10.4 Å². The van der Waals surface area contributed by atoms with Crippen molar-refractivity contribution in [3.63, 3.8) is 0 Å². The van der Waals surface area contributed by atoms with E-state index in [1.807, 2.05) is 38.1 Å². The zero-order valence-electron chi connectivity index (χ0n) is 17.6. The summed E-state index contributed by atoms with van der Waals surface area (Å²) in [5, 5.41) is 4.14. The van der Waals surface area contributed by atoms with Gasteiger partial charge in [0.1, 0.15) is 5.82 Å². The summed E-state index contributed by atoms with van der Waals surface area (Å²) in [6, 6.07) is 11.1. The van der Waals surface area contributed by atoms with E-state index >= 15 is 0 Å². The number of aryl methyl sites for hydroxylation is 1. The number of nitrogens with zero attached hydrogens (tertiary/aromatic N) is 4. The van der Waals surface area contributed by atoms with Crippen molar-refractivity contribution in [2.45, 2.75) is 18.7 Å². The minimum Gasteiger partial charge on any atom is -0.336 e. The Morgan fingerprint density at radius 1 is 1.06 bits per heavy atom. The third-order valence-electron chi connectivity index (χ3n) is 5.64. The molecule has 4 rings (SSSR count). The van der Waals surface area contributed by atoms with Gasteiger partial charge in [-0.25, -0.2) is 17.5 Å². The molecule has 0 radical (unpaired) electrons. The van der Waals surface area contributed by atoms with Crippen molar-refractivity contribution < 1.29 is 17.6 Å². The van der Waals surface area contributed by atoms with Crippen molar-refractivity contribution in [2.75, 3.05) is 26.2 Å². The van der Waals surface area contributed by atoms with Crippen molar-refractivity contribution in [1.82, 2.24) is 19.0 Å². The lowest BCUT2D eigenvalue weighted by atomic mass is 10.2. The summed E-state index contributed by atoms with van der Waals surface area (Å²) < 4.78 is 42.2. The number of aromatic nitrogens is 2. The van der Waals surface area contributed by atoms with E-state index in [4.69, 9.17) is 11.6 Å². The second kappa shape index (κ2) is 8.65. The molecule has 10 heteroatoms. The molecule has 1 fully saturated rings. The van der Waals surface area contributed by atoms with Crippen LogP contribution >= 0.6 is 11.6 Å². The molecule has 0 atom stereocenters. The van der Waals surface area contributed by atoms with Crippen LogP contribution in [0.1, 0.15) is 21.6 Å². The summed E-state index contributed by atoms with van der Waals surface area (Å²) in [7, 11) is -3.83. The lowest BCUT2D eigenvalue weighted by Crippen LogP contribution is -2.50. The van der Waals surface area contributed by atoms with Crippen LogP contribution in [0, 0.1) is 19.7 Å². The van der Waals surface area contributed by atoms with Gasteiger partial charge in [-0.05, 0) is 43.7 Å². The van der Waals surface area contributed by atoms with Gasteiger partial charge in [-0.1, -0.05) is 29.8 Å². The van der Waals surface area contributed by atoms with Gasteiger partial charge in [-0.15, -0.1) is 0 Å². The summed E-state index contributed by atoms with van der Waals surface area (Å²) in [6.07, 6.45) is 1.55. The van der Waals surface area contributed by atoms with Gasteiger partial charge in [-0.2, -0.15) is 9.40 Å². The van der Waals surface area contributed by atoms with Gasteiger partial charge < -0.3 is 4.90 Å².